The highest BCUT2D eigenvalue weighted by Gasteiger charge is 2.20. The van der Waals surface area contributed by atoms with Crippen LogP contribution in [-0.2, 0) is 6.42 Å². The Morgan fingerprint density at radius 1 is 1.32 bits per heavy atom. The van der Waals surface area contributed by atoms with E-state index < -0.39 is 0 Å². The summed E-state index contributed by atoms with van der Waals surface area (Å²) in [7, 11) is 1.65. The molecule has 0 spiro atoms. The van der Waals surface area contributed by atoms with Crippen LogP contribution in [0.15, 0.2) is 12.1 Å². The summed E-state index contributed by atoms with van der Waals surface area (Å²) in [5, 5.41) is 0.637. The number of aryl methyl sites for hydroxylation is 1. The van der Waals surface area contributed by atoms with Crippen LogP contribution in [0.1, 0.15) is 37.7 Å². The van der Waals surface area contributed by atoms with Gasteiger partial charge in [0.25, 0.3) is 0 Å². The van der Waals surface area contributed by atoms with Crippen molar-refractivity contribution in [1.82, 2.24) is 0 Å². The summed E-state index contributed by atoms with van der Waals surface area (Å²) in [6, 6.07) is 3.97. The van der Waals surface area contributed by atoms with Crippen molar-refractivity contribution in [3.63, 3.8) is 0 Å². The van der Waals surface area contributed by atoms with Gasteiger partial charge in [0.05, 0.1) is 18.2 Å². The van der Waals surface area contributed by atoms with Crippen LogP contribution in [0.25, 0.3) is 0 Å². The first kappa shape index (κ1) is 14.5. The quantitative estimate of drug-likeness (QED) is 0.868. The van der Waals surface area contributed by atoms with Crippen LogP contribution in [0.3, 0.4) is 0 Å². The van der Waals surface area contributed by atoms with Gasteiger partial charge in [-0.25, -0.2) is 0 Å². The summed E-state index contributed by atoms with van der Waals surface area (Å²) < 4.78 is 11.4. The summed E-state index contributed by atoms with van der Waals surface area (Å²) in [5.74, 6) is 1.42. The van der Waals surface area contributed by atoms with Gasteiger partial charge >= 0.3 is 0 Å². The lowest BCUT2D eigenvalue weighted by Gasteiger charge is -2.18. The second-order valence-corrected chi connectivity index (χ2v) is 5.43. The zero-order valence-corrected chi connectivity index (χ0v) is 12.2. The lowest BCUT2D eigenvalue weighted by molar-refractivity contribution is 0.201. The molecule has 1 aliphatic carbocycles. The van der Waals surface area contributed by atoms with Crippen molar-refractivity contribution < 1.29 is 9.47 Å². The van der Waals surface area contributed by atoms with Crippen LogP contribution in [0, 0.1) is 0 Å². The average molecular weight is 284 g/mol. The predicted octanol–water partition coefficient (Wildman–Crippen LogP) is 3.56. The fraction of sp³-hybridized carbons (Fsp3) is 0.600. The Morgan fingerprint density at radius 3 is 2.68 bits per heavy atom. The minimum absolute atomic E-state index is 0.279. The van der Waals surface area contributed by atoms with Gasteiger partial charge in [-0.3, -0.25) is 0 Å². The van der Waals surface area contributed by atoms with E-state index in [9.17, 15) is 0 Å². The smallest absolute Gasteiger partial charge is 0.180 e. The number of halogens is 1. The molecule has 3 nitrogen and oxygen atoms in total. The summed E-state index contributed by atoms with van der Waals surface area (Å²) in [6.45, 7) is 0.681. The fourth-order valence-corrected chi connectivity index (χ4v) is 2.79. The second-order valence-electron chi connectivity index (χ2n) is 5.03. The minimum atomic E-state index is 0.279. The summed E-state index contributed by atoms with van der Waals surface area (Å²) >= 11 is 6.33. The monoisotopic (exact) mass is 283 g/mol. The third-order valence-corrected chi connectivity index (χ3v) is 3.83. The third-order valence-electron chi connectivity index (χ3n) is 3.55. The van der Waals surface area contributed by atoms with E-state index in [1.165, 1.54) is 12.8 Å². The number of rotatable bonds is 6. The lowest BCUT2D eigenvalue weighted by atomic mass is 10.1. The molecule has 1 saturated carbocycles. The van der Waals surface area contributed by atoms with Crippen LogP contribution in [0.5, 0.6) is 11.5 Å². The number of ether oxygens (including phenoxy) is 2. The van der Waals surface area contributed by atoms with E-state index in [2.05, 4.69) is 0 Å². The molecule has 0 heterocycles. The van der Waals surface area contributed by atoms with E-state index in [-0.39, 0.29) is 6.10 Å². The van der Waals surface area contributed by atoms with Crippen molar-refractivity contribution in [3.8, 4) is 11.5 Å². The molecule has 0 radical (unpaired) electrons. The van der Waals surface area contributed by atoms with Crippen molar-refractivity contribution >= 4 is 11.6 Å². The Kier molecular flexibility index (Phi) is 5.34. The van der Waals surface area contributed by atoms with Crippen molar-refractivity contribution in [2.75, 3.05) is 13.7 Å². The van der Waals surface area contributed by atoms with E-state index in [1.54, 1.807) is 7.11 Å². The van der Waals surface area contributed by atoms with E-state index in [4.69, 9.17) is 26.8 Å². The van der Waals surface area contributed by atoms with E-state index in [0.717, 1.165) is 37.0 Å². The lowest BCUT2D eigenvalue weighted by Crippen LogP contribution is -2.12. The van der Waals surface area contributed by atoms with E-state index in [1.807, 2.05) is 12.1 Å². The van der Waals surface area contributed by atoms with Gasteiger partial charge in [-0.1, -0.05) is 11.6 Å². The zero-order chi connectivity index (χ0) is 13.7. The molecule has 0 bridgehead atoms. The predicted molar refractivity (Wildman–Crippen MR) is 78.3 cm³/mol. The third kappa shape index (κ3) is 3.77. The average Bonchev–Trinajstić information content (AvgIpc) is 2.91. The van der Waals surface area contributed by atoms with Crippen LogP contribution >= 0.6 is 11.6 Å². The van der Waals surface area contributed by atoms with Gasteiger partial charge in [0.2, 0.25) is 0 Å². The summed E-state index contributed by atoms with van der Waals surface area (Å²) in [5.41, 5.74) is 6.68. The van der Waals surface area contributed by atoms with Gasteiger partial charge in [-0.15, -0.1) is 0 Å². The highest BCUT2D eigenvalue weighted by molar-refractivity contribution is 6.32. The first-order chi connectivity index (χ1) is 9.24. The largest absolute Gasteiger partial charge is 0.493 e. The molecule has 1 aromatic carbocycles. The molecule has 1 aliphatic rings. The van der Waals surface area contributed by atoms with Gasteiger partial charge < -0.3 is 15.2 Å². The molecule has 106 valence electrons. The molecule has 0 saturated heterocycles. The number of hydrogen-bond donors (Lipinski definition) is 1. The molecule has 19 heavy (non-hydrogen) atoms. The van der Waals surface area contributed by atoms with Crippen LogP contribution in [-0.4, -0.2) is 19.8 Å². The Balaban J connectivity index is 2.16. The number of hydrogen-bond acceptors (Lipinski definition) is 3. The van der Waals surface area contributed by atoms with Crippen LogP contribution < -0.4 is 15.2 Å². The molecular formula is C15H22ClNO2. The summed E-state index contributed by atoms with van der Waals surface area (Å²) in [6.07, 6.45) is 6.82. The molecule has 2 rings (SSSR count). The molecule has 0 unspecified atom stereocenters. The Hall–Kier alpha value is -0.930. The maximum absolute atomic E-state index is 6.33. The Morgan fingerprint density at radius 2 is 2.05 bits per heavy atom. The van der Waals surface area contributed by atoms with Crippen molar-refractivity contribution in [2.45, 2.75) is 44.6 Å². The highest BCUT2D eigenvalue weighted by Crippen LogP contribution is 2.39. The number of nitrogens with two attached hydrogens (primary N) is 1. The molecule has 0 aliphatic heterocycles. The van der Waals surface area contributed by atoms with E-state index in [0.29, 0.717) is 17.3 Å². The van der Waals surface area contributed by atoms with Gasteiger partial charge in [-0.05, 0) is 62.8 Å². The molecule has 1 fully saturated rings. The fourth-order valence-electron chi connectivity index (χ4n) is 2.51. The molecule has 4 heteroatoms. The second kappa shape index (κ2) is 7.01. The number of benzene rings is 1. The highest BCUT2D eigenvalue weighted by atomic mass is 35.5. The molecule has 0 atom stereocenters. The number of methoxy groups -OCH3 is 1. The van der Waals surface area contributed by atoms with Gasteiger partial charge in [0.1, 0.15) is 0 Å². The maximum Gasteiger partial charge on any atom is 0.180 e. The SMILES string of the molecule is COc1cc(CCCN)cc(Cl)c1OC1CCCC1. The molecule has 1 aromatic rings. The Labute approximate surface area is 120 Å². The maximum atomic E-state index is 6.33. The van der Waals surface area contributed by atoms with Gasteiger partial charge in [0.15, 0.2) is 11.5 Å². The van der Waals surface area contributed by atoms with Crippen molar-refractivity contribution in [1.29, 1.82) is 0 Å². The first-order valence-corrected chi connectivity index (χ1v) is 7.35. The van der Waals surface area contributed by atoms with Gasteiger partial charge in [-0.2, -0.15) is 0 Å². The van der Waals surface area contributed by atoms with E-state index >= 15 is 0 Å². The van der Waals surface area contributed by atoms with Crippen molar-refractivity contribution in [2.24, 2.45) is 5.73 Å². The van der Waals surface area contributed by atoms with Crippen molar-refractivity contribution in [3.05, 3.63) is 22.7 Å². The molecule has 0 amide bonds. The molecule has 2 N–H and O–H groups in total. The van der Waals surface area contributed by atoms with Crippen LogP contribution in [0.4, 0.5) is 0 Å². The van der Waals surface area contributed by atoms with Crippen LogP contribution in [0.2, 0.25) is 5.02 Å². The van der Waals surface area contributed by atoms with Gasteiger partial charge in [0, 0.05) is 0 Å². The minimum Gasteiger partial charge on any atom is -0.493 e. The Bertz CT molecular complexity index is 417. The molecular weight excluding hydrogens is 262 g/mol. The standard InChI is InChI=1S/C15H22ClNO2/c1-18-14-10-11(5-4-8-17)9-13(16)15(14)19-12-6-2-3-7-12/h9-10,12H,2-8,17H2,1H3. The first-order valence-electron chi connectivity index (χ1n) is 6.97. The zero-order valence-electron chi connectivity index (χ0n) is 11.5. The topological polar surface area (TPSA) is 44.5 Å². The molecule has 0 aromatic heterocycles. The normalized spacial score (nSPS) is 15.7. The summed E-state index contributed by atoms with van der Waals surface area (Å²) in [4.78, 5) is 0.